The molecule has 1 amide bonds. The molecule has 3 heteroatoms. The van der Waals surface area contributed by atoms with Gasteiger partial charge < -0.3 is 4.90 Å². The van der Waals surface area contributed by atoms with E-state index in [0.29, 0.717) is 11.9 Å². The van der Waals surface area contributed by atoms with Crippen molar-refractivity contribution >= 4 is 21.8 Å². The van der Waals surface area contributed by atoms with Gasteiger partial charge in [-0.3, -0.25) is 4.79 Å². The quantitative estimate of drug-likeness (QED) is 0.687. The van der Waals surface area contributed by atoms with Crippen LogP contribution in [0.2, 0.25) is 0 Å². The minimum atomic E-state index is 0.0751. The maximum absolute atomic E-state index is 13.4. The number of rotatable bonds is 4. The molecule has 5 fully saturated rings. The molecule has 4 aliphatic carbocycles. The van der Waals surface area contributed by atoms with Gasteiger partial charge in [0.05, 0.1) is 5.41 Å². The van der Waals surface area contributed by atoms with E-state index in [2.05, 4.69) is 20.8 Å². The predicted molar refractivity (Wildman–Crippen MR) is 88.4 cm³/mol. The molecule has 0 spiro atoms. The smallest absolute Gasteiger partial charge is 0.229 e. The second-order valence-electron chi connectivity index (χ2n) is 8.32. The van der Waals surface area contributed by atoms with E-state index >= 15 is 0 Å². The second-order valence-corrected chi connectivity index (χ2v) is 9.12. The van der Waals surface area contributed by atoms with Crippen LogP contribution in [0.3, 0.4) is 0 Å². The molecule has 1 heterocycles. The highest BCUT2D eigenvalue weighted by Gasteiger charge is 2.56. The van der Waals surface area contributed by atoms with E-state index in [1.54, 1.807) is 0 Å². The van der Waals surface area contributed by atoms with E-state index in [1.165, 1.54) is 64.2 Å². The minimum Gasteiger partial charge on any atom is -0.339 e. The lowest BCUT2D eigenvalue weighted by molar-refractivity contribution is -0.158. The molecule has 0 aromatic heterocycles. The maximum atomic E-state index is 13.4. The summed E-state index contributed by atoms with van der Waals surface area (Å²) in [5.41, 5.74) is 0.0751. The Morgan fingerprint density at radius 1 is 1.10 bits per heavy atom. The van der Waals surface area contributed by atoms with Gasteiger partial charge in [-0.1, -0.05) is 15.9 Å². The molecular formula is C18H28BrNO. The van der Waals surface area contributed by atoms with Crippen molar-refractivity contribution in [3.05, 3.63) is 0 Å². The van der Waals surface area contributed by atoms with Gasteiger partial charge in [0.15, 0.2) is 0 Å². The maximum Gasteiger partial charge on any atom is 0.229 e. The summed E-state index contributed by atoms with van der Waals surface area (Å²) in [7, 11) is 0. The Hall–Kier alpha value is -0.0500. The Bertz CT molecular complexity index is 386. The molecule has 0 N–H and O–H groups in total. The standard InChI is InChI=1S/C18H28BrNO/c19-5-1-3-16-4-2-6-20(16)17(21)18-10-13-7-14(11-18)9-15(8-13)12-18/h13-16H,1-12H2. The third-order valence-corrected chi connectivity index (χ3v) is 7.36. The molecule has 5 rings (SSSR count). The van der Waals surface area contributed by atoms with Gasteiger partial charge in [0.2, 0.25) is 5.91 Å². The number of carbonyl (C=O) groups excluding carboxylic acids is 1. The number of alkyl halides is 1. The second kappa shape index (κ2) is 5.54. The number of halogens is 1. The largest absolute Gasteiger partial charge is 0.339 e. The highest BCUT2D eigenvalue weighted by Crippen LogP contribution is 2.60. The van der Waals surface area contributed by atoms with Crippen LogP contribution in [0.15, 0.2) is 0 Å². The van der Waals surface area contributed by atoms with Crippen LogP contribution in [0.5, 0.6) is 0 Å². The van der Waals surface area contributed by atoms with Crippen LogP contribution < -0.4 is 0 Å². The summed E-state index contributed by atoms with van der Waals surface area (Å²) in [6.45, 7) is 1.04. The molecule has 1 aliphatic heterocycles. The van der Waals surface area contributed by atoms with Crippen LogP contribution in [-0.2, 0) is 4.79 Å². The first kappa shape index (κ1) is 14.5. The zero-order valence-electron chi connectivity index (χ0n) is 13.0. The van der Waals surface area contributed by atoms with Crippen LogP contribution in [0.1, 0.15) is 64.2 Å². The Kier molecular flexibility index (Phi) is 3.84. The van der Waals surface area contributed by atoms with E-state index < -0.39 is 0 Å². The summed E-state index contributed by atoms with van der Waals surface area (Å²) < 4.78 is 0. The van der Waals surface area contributed by atoms with E-state index in [9.17, 15) is 4.79 Å². The fourth-order valence-corrected chi connectivity index (χ4v) is 6.72. The highest BCUT2D eigenvalue weighted by molar-refractivity contribution is 9.09. The van der Waals surface area contributed by atoms with Crippen molar-refractivity contribution in [2.24, 2.45) is 23.2 Å². The van der Waals surface area contributed by atoms with Crippen molar-refractivity contribution in [1.29, 1.82) is 0 Å². The Morgan fingerprint density at radius 3 is 2.29 bits per heavy atom. The van der Waals surface area contributed by atoms with Crippen molar-refractivity contribution in [2.45, 2.75) is 70.3 Å². The molecule has 0 radical (unpaired) electrons. The van der Waals surface area contributed by atoms with Crippen molar-refractivity contribution < 1.29 is 4.79 Å². The molecule has 4 bridgehead atoms. The van der Waals surface area contributed by atoms with Crippen molar-refractivity contribution in [3.63, 3.8) is 0 Å². The Balaban J connectivity index is 1.51. The zero-order valence-corrected chi connectivity index (χ0v) is 14.6. The number of hydrogen-bond donors (Lipinski definition) is 0. The molecule has 4 saturated carbocycles. The van der Waals surface area contributed by atoms with Crippen LogP contribution in [0.25, 0.3) is 0 Å². The summed E-state index contributed by atoms with van der Waals surface area (Å²) >= 11 is 3.54. The van der Waals surface area contributed by atoms with Crippen molar-refractivity contribution in [1.82, 2.24) is 4.90 Å². The molecular weight excluding hydrogens is 326 g/mol. The normalized spacial score (nSPS) is 44.5. The highest BCUT2D eigenvalue weighted by atomic mass is 79.9. The van der Waals surface area contributed by atoms with Crippen LogP contribution in [0, 0.1) is 23.2 Å². The SMILES string of the molecule is O=C(N1CCCC1CCCBr)C12CC3CC(CC(C3)C1)C2. The van der Waals surface area contributed by atoms with E-state index in [1.807, 2.05) is 0 Å². The first-order chi connectivity index (χ1) is 10.2. The zero-order chi connectivity index (χ0) is 14.4. The number of hydrogen-bond acceptors (Lipinski definition) is 1. The van der Waals surface area contributed by atoms with Crippen LogP contribution in [-0.4, -0.2) is 28.7 Å². The first-order valence-electron chi connectivity index (χ1n) is 9.07. The third kappa shape index (κ3) is 2.48. The molecule has 0 aromatic carbocycles. The number of likely N-dealkylation sites (tertiary alicyclic amines) is 1. The fraction of sp³-hybridized carbons (Fsp3) is 0.944. The van der Waals surface area contributed by atoms with Gasteiger partial charge in [0.1, 0.15) is 0 Å². The summed E-state index contributed by atoms with van der Waals surface area (Å²) in [6, 6.07) is 0.544. The van der Waals surface area contributed by atoms with Crippen molar-refractivity contribution in [2.75, 3.05) is 11.9 Å². The lowest BCUT2D eigenvalue weighted by atomic mass is 9.49. The number of amides is 1. The van der Waals surface area contributed by atoms with E-state index in [-0.39, 0.29) is 5.41 Å². The van der Waals surface area contributed by atoms with Gasteiger partial charge in [-0.05, 0) is 82.0 Å². The molecule has 1 saturated heterocycles. The minimum absolute atomic E-state index is 0.0751. The first-order valence-corrected chi connectivity index (χ1v) is 10.2. The fourth-order valence-electron chi connectivity index (χ4n) is 6.39. The van der Waals surface area contributed by atoms with Gasteiger partial charge in [-0.25, -0.2) is 0 Å². The third-order valence-electron chi connectivity index (χ3n) is 6.80. The molecule has 5 aliphatic rings. The lowest BCUT2D eigenvalue weighted by Crippen LogP contribution is -2.55. The topological polar surface area (TPSA) is 20.3 Å². The average molecular weight is 354 g/mol. The number of nitrogens with zero attached hydrogens (tertiary/aromatic N) is 1. The molecule has 0 aromatic rings. The average Bonchev–Trinajstić information content (AvgIpc) is 2.91. The lowest BCUT2D eigenvalue weighted by Gasteiger charge is -2.56. The van der Waals surface area contributed by atoms with E-state index in [4.69, 9.17) is 0 Å². The summed E-state index contributed by atoms with van der Waals surface area (Å²) in [5.74, 6) is 3.20. The molecule has 118 valence electrons. The van der Waals surface area contributed by atoms with Crippen LogP contribution >= 0.6 is 15.9 Å². The summed E-state index contributed by atoms with van der Waals surface area (Å²) in [4.78, 5) is 15.7. The van der Waals surface area contributed by atoms with Gasteiger partial charge >= 0.3 is 0 Å². The molecule has 2 nitrogen and oxygen atoms in total. The van der Waals surface area contributed by atoms with Gasteiger partial charge in [0, 0.05) is 17.9 Å². The summed E-state index contributed by atoms with van der Waals surface area (Å²) in [6.07, 6.45) is 12.8. The van der Waals surface area contributed by atoms with Crippen molar-refractivity contribution in [3.8, 4) is 0 Å². The molecule has 1 unspecified atom stereocenters. The van der Waals surface area contributed by atoms with E-state index in [0.717, 1.165) is 29.6 Å². The summed E-state index contributed by atoms with van der Waals surface area (Å²) in [5, 5.41) is 1.07. The van der Waals surface area contributed by atoms with Gasteiger partial charge in [-0.2, -0.15) is 0 Å². The van der Waals surface area contributed by atoms with Gasteiger partial charge in [-0.15, -0.1) is 0 Å². The predicted octanol–water partition coefficient (Wildman–Crippen LogP) is 4.37. The van der Waals surface area contributed by atoms with Gasteiger partial charge in [0.25, 0.3) is 0 Å². The molecule has 21 heavy (non-hydrogen) atoms. The Labute approximate surface area is 137 Å². The van der Waals surface area contributed by atoms with Crippen LogP contribution in [0.4, 0.5) is 0 Å². The number of carbonyl (C=O) groups is 1. The monoisotopic (exact) mass is 353 g/mol. The molecule has 1 atom stereocenters. The Morgan fingerprint density at radius 2 is 1.71 bits per heavy atom.